The van der Waals surface area contributed by atoms with Gasteiger partial charge in [-0.2, -0.15) is 0 Å². The van der Waals surface area contributed by atoms with E-state index in [0.717, 1.165) is 6.26 Å². The Labute approximate surface area is 119 Å². The van der Waals surface area contributed by atoms with Gasteiger partial charge in [-0.1, -0.05) is 11.3 Å². The molecule has 0 fully saturated rings. The maximum atomic E-state index is 11.4. The van der Waals surface area contributed by atoms with Crippen molar-refractivity contribution in [1.29, 1.82) is 0 Å². The molecular weight excluding hydrogens is 308 g/mol. The minimum absolute atomic E-state index is 0.229. The van der Waals surface area contributed by atoms with E-state index >= 15 is 0 Å². The molecule has 1 heterocycles. The number of fused-ring (bicyclic) bond motifs is 1. The summed E-state index contributed by atoms with van der Waals surface area (Å²) in [6.45, 7) is 1.56. The van der Waals surface area contributed by atoms with Crippen LogP contribution in [0.4, 0.5) is 5.13 Å². The van der Waals surface area contributed by atoms with Crippen LogP contribution in [0.2, 0.25) is 0 Å². The summed E-state index contributed by atoms with van der Waals surface area (Å²) >= 11 is 6.85. The Morgan fingerprint density at radius 3 is 2.74 bits per heavy atom. The summed E-state index contributed by atoms with van der Waals surface area (Å²) in [7, 11) is -3.25. The van der Waals surface area contributed by atoms with E-state index in [1.165, 1.54) is 17.4 Å². The maximum Gasteiger partial charge on any atom is 0.243 e. The predicted octanol–water partition coefficient (Wildman–Crippen LogP) is 2.27. The van der Waals surface area contributed by atoms with E-state index in [9.17, 15) is 13.2 Å². The van der Waals surface area contributed by atoms with Crippen LogP contribution in [-0.4, -0.2) is 30.9 Å². The Kier molecular flexibility index (Phi) is 3.80. The number of halogens is 1. The molecule has 0 spiro atoms. The highest BCUT2D eigenvalue weighted by Crippen LogP contribution is 2.28. The second-order valence-corrected chi connectivity index (χ2v) is 7.73. The summed E-state index contributed by atoms with van der Waals surface area (Å²) in [5, 5.41) is 2.32. The van der Waals surface area contributed by atoms with Crippen LogP contribution in [0.25, 0.3) is 10.2 Å². The normalized spacial score (nSPS) is 13.4. The third kappa shape index (κ3) is 3.23. The van der Waals surface area contributed by atoms with E-state index in [2.05, 4.69) is 10.3 Å². The number of alkyl halides is 1. The fourth-order valence-corrected chi connectivity index (χ4v) is 3.08. The first-order valence-electron chi connectivity index (χ1n) is 5.33. The van der Waals surface area contributed by atoms with Gasteiger partial charge in [-0.3, -0.25) is 4.79 Å². The van der Waals surface area contributed by atoms with Gasteiger partial charge in [0.05, 0.1) is 15.1 Å². The van der Waals surface area contributed by atoms with Crippen LogP contribution in [-0.2, 0) is 14.6 Å². The van der Waals surface area contributed by atoms with Crippen LogP contribution in [0.1, 0.15) is 6.92 Å². The molecule has 2 aromatic rings. The quantitative estimate of drug-likeness (QED) is 0.881. The first-order chi connectivity index (χ1) is 8.77. The Hall–Kier alpha value is -1.18. The first kappa shape index (κ1) is 14.2. The van der Waals surface area contributed by atoms with Gasteiger partial charge >= 0.3 is 0 Å². The standard InChI is InChI=1S/C11H11ClN2O3S2/c1-6(12)10(15)14-11-13-8-4-3-7(19(2,16)17)5-9(8)18-11/h3-6H,1-2H3,(H,13,14,15). The predicted molar refractivity (Wildman–Crippen MR) is 76.7 cm³/mol. The molecule has 1 aromatic carbocycles. The fraction of sp³-hybridized carbons (Fsp3) is 0.273. The molecule has 0 saturated carbocycles. The minimum Gasteiger partial charge on any atom is -0.301 e. The summed E-state index contributed by atoms with van der Waals surface area (Å²) in [6.07, 6.45) is 1.15. The van der Waals surface area contributed by atoms with E-state index in [4.69, 9.17) is 11.6 Å². The van der Waals surface area contributed by atoms with Crippen LogP contribution in [0, 0.1) is 0 Å². The zero-order chi connectivity index (χ0) is 14.2. The molecule has 1 unspecified atom stereocenters. The van der Waals surface area contributed by atoms with Gasteiger partial charge < -0.3 is 5.32 Å². The Balaban J connectivity index is 2.39. The molecule has 0 bridgehead atoms. The number of hydrogen-bond donors (Lipinski definition) is 1. The van der Waals surface area contributed by atoms with E-state index in [0.29, 0.717) is 15.3 Å². The number of anilines is 1. The molecule has 5 nitrogen and oxygen atoms in total. The fourth-order valence-electron chi connectivity index (χ4n) is 1.39. The summed E-state index contributed by atoms with van der Waals surface area (Å²) < 4.78 is 23.6. The van der Waals surface area contributed by atoms with Gasteiger partial charge in [-0.05, 0) is 25.1 Å². The number of benzene rings is 1. The van der Waals surface area contributed by atoms with Gasteiger partial charge in [0, 0.05) is 6.26 Å². The van der Waals surface area contributed by atoms with Crippen molar-refractivity contribution >= 4 is 54.0 Å². The molecule has 8 heteroatoms. The number of aromatic nitrogens is 1. The lowest BCUT2D eigenvalue weighted by atomic mass is 10.3. The number of thiazole rings is 1. The SMILES string of the molecule is CC(Cl)C(=O)Nc1nc2ccc(S(C)(=O)=O)cc2s1. The Morgan fingerprint density at radius 2 is 2.16 bits per heavy atom. The molecule has 1 N–H and O–H groups in total. The summed E-state index contributed by atoms with van der Waals surface area (Å²) in [6, 6.07) is 4.65. The van der Waals surface area contributed by atoms with Crippen LogP contribution in [0.5, 0.6) is 0 Å². The molecule has 0 aliphatic carbocycles. The topological polar surface area (TPSA) is 76.1 Å². The first-order valence-corrected chi connectivity index (χ1v) is 8.47. The van der Waals surface area contributed by atoms with Crippen LogP contribution >= 0.6 is 22.9 Å². The highest BCUT2D eigenvalue weighted by Gasteiger charge is 2.14. The number of rotatable bonds is 3. The zero-order valence-electron chi connectivity index (χ0n) is 10.2. The molecule has 0 saturated heterocycles. The van der Waals surface area contributed by atoms with Crippen LogP contribution in [0.15, 0.2) is 23.1 Å². The Bertz CT molecular complexity index is 737. The molecule has 19 heavy (non-hydrogen) atoms. The Morgan fingerprint density at radius 1 is 1.47 bits per heavy atom. The van der Waals surface area contributed by atoms with E-state index < -0.39 is 15.2 Å². The molecule has 1 aromatic heterocycles. The molecule has 2 rings (SSSR count). The number of carbonyl (C=O) groups excluding carboxylic acids is 1. The van der Waals surface area contributed by atoms with Crippen LogP contribution in [0.3, 0.4) is 0 Å². The third-order valence-electron chi connectivity index (χ3n) is 2.38. The van der Waals surface area contributed by atoms with Gasteiger partial charge in [0.2, 0.25) is 5.91 Å². The van der Waals surface area contributed by atoms with E-state index in [-0.39, 0.29) is 10.8 Å². The highest BCUT2D eigenvalue weighted by atomic mass is 35.5. The van der Waals surface area contributed by atoms with Crippen molar-refractivity contribution in [3.05, 3.63) is 18.2 Å². The minimum atomic E-state index is -3.25. The summed E-state index contributed by atoms with van der Waals surface area (Å²) in [4.78, 5) is 15.9. The lowest BCUT2D eigenvalue weighted by molar-refractivity contribution is -0.115. The molecule has 102 valence electrons. The van der Waals surface area contributed by atoms with Crippen molar-refractivity contribution in [2.45, 2.75) is 17.2 Å². The van der Waals surface area contributed by atoms with Crippen molar-refractivity contribution in [1.82, 2.24) is 4.98 Å². The number of carbonyl (C=O) groups is 1. The average molecular weight is 319 g/mol. The molecule has 1 amide bonds. The lowest BCUT2D eigenvalue weighted by Gasteiger charge is -2.01. The monoisotopic (exact) mass is 318 g/mol. The lowest BCUT2D eigenvalue weighted by Crippen LogP contribution is -2.19. The number of nitrogens with zero attached hydrogens (tertiary/aromatic N) is 1. The van der Waals surface area contributed by atoms with Crippen molar-refractivity contribution in [3.63, 3.8) is 0 Å². The van der Waals surface area contributed by atoms with Gasteiger partial charge in [0.25, 0.3) is 0 Å². The van der Waals surface area contributed by atoms with Gasteiger partial charge in [0.15, 0.2) is 15.0 Å². The van der Waals surface area contributed by atoms with Crippen molar-refractivity contribution in [3.8, 4) is 0 Å². The third-order valence-corrected chi connectivity index (χ3v) is 4.62. The van der Waals surface area contributed by atoms with E-state index in [1.54, 1.807) is 19.1 Å². The van der Waals surface area contributed by atoms with E-state index in [1.807, 2.05) is 0 Å². The van der Waals surface area contributed by atoms with Crippen molar-refractivity contribution in [2.75, 3.05) is 11.6 Å². The molecule has 0 aliphatic rings. The smallest absolute Gasteiger partial charge is 0.243 e. The second kappa shape index (κ2) is 5.07. The van der Waals surface area contributed by atoms with Gasteiger partial charge in [0.1, 0.15) is 5.38 Å². The highest BCUT2D eigenvalue weighted by molar-refractivity contribution is 7.90. The summed E-state index contributed by atoms with van der Waals surface area (Å²) in [5.74, 6) is -0.343. The molecular formula is C11H11ClN2O3S2. The van der Waals surface area contributed by atoms with Crippen molar-refractivity contribution < 1.29 is 13.2 Å². The zero-order valence-corrected chi connectivity index (χ0v) is 12.6. The maximum absolute atomic E-state index is 11.4. The van der Waals surface area contributed by atoms with Crippen LogP contribution < -0.4 is 5.32 Å². The molecule has 0 radical (unpaired) electrons. The van der Waals surface area contributed by atoms with Crippen molar-refractivity contribution in [2.24, 2.45) is 0 Å². The second-order valence-electron chi connectivity index (χ2n) is 4.03. The number of sulfone groups is 1. The largest absolute Gasteiger partial charge is 0.301 e. The van der Waals surface area contributed by atoms with Gasteiger partial charge in [-0.25, -0.2) is 13.4 Å². The molecule has 1 atom stereocenters. The summed E-state index contributed by atoms with van der Waals surface area (Å²) in [5.41, 5.74) is 0.634. The average Bonchev–Trinajstić information content (AvgIpc) is 2.68. The molecule has 0 aliphatic heterocycles. The number of amides is 1. The van der Waals surface area contributed by atoms with Gasteiger partial charge in [-0.15, -0.1) is 11.6 Å². The number of nitrogens with one attached hydrogen (secondary N) is 1. The number of hydrogen-bond acceptors (Lipinski definition) is 5.